The first kappa shape index (κ1) is 9.88. The number of hydrogen-bond donors (Lipinski definition) is 0. The van der Waals surface area contributed by atoms with Gasteiger partial charge in [0.25, 0.3) is 0 Å². The molecule has 70 valence electrons. The number of anilines is 2. The highest BCUT2D eigenvalue weighted by Crippen LogP contribution is 2.18. The third-order valence-corrected chi connectivity index (χ3v) is 1.92. The van der Waals surface area contributed by atoms with Crippen LogP contribution in [0.15, 0.2) is 24.3 Å². The van der Waals surface area contributed by atoms with Crippen molar-refractivity contribution < 1.29 is 0 Å². The van der Waals surface area contributed by atoms with E-state index >= 15 is 0 Å². The van der Waals surface area contributed by atoms with Crippen molar-refractivity contribution >= 4 is 11.4 Å². The molecule has 0 heterocycles. The van der Waals surface area contributed by atoms with Crippen molar-refractivity contribution in [1.29, 1.82) is 10.5 Å². The maximum atomic E-state index is 8.63. The number of hydrogen-bond acceptors (Lipinski definition) is 4. The molecule has 1 rings (SSSR count). The Bertz CT molecular complexity index is 343. The first-order valence-corrected chi connectivity index (χ1v) is 4.06. The molecule has 0 N–H and O–H groups in total. The quantitative estimate of drug-likeness (QED) is 0.519. The van der Waals surface area contributed by atoms with Crippen LogP contribution in [0.1, 0.15) is 0 Å². The maximum absolute atomic E-state index is 8.63. The van der Waals surface area contributed by atoms with Gasteiger partial charge in [-0.15, -0.1) is 0 Å². The average Bonchev–Trinajstić information content (AvgIpc) is 2.27. The molecule has 0 fully saturated rings. The molecule has 0 amide bonds. The van der Waals surface area contributed by atoms with Gasteiger partial charge >= 0.3 is 0 Å². The fraction of sp³-hybridized carbons (Fsp3) is 0.200. The molecule has 0 spiro atoms. The smallest absolute Gasteiger partial charge is 0.183 e. The molecule has 0 saturated carbocycles. The fourth-order valence-electron chi connectivity index (χ4n) is 1.02. The molecule has 0 bridgehead atoms. The summed E-state index contributed by atoms with van der Waals surface area (Å²) >= 11 is 0. The van der Waals surface area contributed by atoms with Crippen LogP contribution in [0.5, 0.6) is 0 Å². The predicted octanol–water partition coefficient (Wildman–Crippen LogP) is 1.52. The van der Waals surface area contributed by atoms with Gasteiger partial charge in [0, 0.05) is 14.1 Å². The Morgan fingerprint density at radius 3 is 1.36 bits per heavy atom. The zero-order valence-corrected chi connectivity index (χ0v) is 8.10. The van der Waals surface area contributed by atoms with E-state index < -0.39 is 0 Å². The summed E-state index contributed by atoms with van der Waals surface area (Å²) in [5.41, 5.74) is 1.62. The van der Waals surface area contributed by atoms with Gasteiger partial charge in [0.2, 0.25) is 0 Å². The summed E-state index contributed by atoms with van der Waals surface area (Å²) in [7, 11) is 3.37. The van der Waals surface area contributed by atoms with Gasteiger partial charge in [-0.05, 0) is 24.3 Å². The van der Waals surface area contributed by atoms with Gasteiger partial charge in [0.15, 0.2) is 12.4 Å². The summed E-state index contributed by atoms with van der Waals surface area (Å²) in [4.78, 5) is 2.91. The lowest BCUT2D eigenvalue weighted by atomic mass is 10.2. The van der Waals surface area contributed by atoms with Gasteiger partial charge in [-0.25, -0.2) is 0 Å². The number of rotatable bonds is 2. The highest BCUT2D eigenvalue weighted by Gasteiger charge is 2.01. The predicted molar refractivity (Wildman–Crippen MR) is 54.5 cm³/mol. The Hall–Kier alpha value is -2.20. The van der Waals surface area contributed by atoms with Gasteiger partial charge in [-0.1, -0.05) is 0 Å². The third-order valence-electron chi connectivity index (χ3n) is 1.92. The van der Waals surface area contributed by atoms with E-state index in [0.29, 0.717) is 0 Å². The SMILES string of the molecule is CN(C#N)c1ccc(N(C)C#N)cc1. The molecule has 0 unspecified atom stereocenters. The number of nitrogens with zero attached hydrogens (tertiary/aromatic N) is 4. The van der Waals surface area contributed by atoms with Crippen LogP contribution in [0.3, 0.4) is 0 Å². The van der Waals surface area contributed by atoms with Gasteiger partial charge in [-0.3, -0.25) is 9.80 Å². The van der Waals surface area contributed by atoms with Gasteiger partial charge in [-0.2, -0.15) is 10.5 Å². The van der Waals surface area contributed by atoms with Crippen molar-refractivity contribution in [2.75, 3.05) is 23.9 Å². The van der Waals surface area contributed by atoms with Crippen molar-refractivity contribution in [1.82, 2.24) is 0 Å². The zero-order chi connectivity index (χ0) is 10.6. The molecule has 0 saturated heterocycles. The minimum absolute atomic E-state index is 0.808. The normalized spacial score (nSPS) is 8.57. The molecule has 1 aromatic rings. The molecule has 0 radical (unpaired) electrons. The molecule has 4 heteroatoms. The lowest BCUT2D eigenvalue weighted by molar-refractivity contribution is 1.18. The van der Waals surface area contributed by atoms with E-state index in [1.807, 2.05) is 12.4 Å². The first-order valence-electron chi connectivity index (χ1n) is 4.06. The molecule has 4 nitrogen and oxygen atoms in total. The number of benzene rings is 1. The van der Waals surface area contributed by atoms with Gasteiger partial charge < -0.3 is 0 Å². The minimum Gasteiger partial charge on any atom is -0.283 e. The lowest BCUT2D eigenvalue weighted by Crippen LogP contribution is -2.10. The Kier molecular flexibility index (Phi) is 2.93. The fourth-order valence-corrected chi connectivity index (χ4v) is 1.02. The second kappa shape index (κ2) is 4.15. The molecule has 0 aromatic heterocycles. The van der Waals surface area contributed by atoms with Crippen LogP contribution in [-0.4, -0.2) is 14.1 Å². The standard InChI is InChI=1S/C10H10N4/c1-13(7-11)9-3-5-10(6-4-9)14(2)8-12/h3-6H,1-2H3. The maximum Gasteiger partial charge on any atom is 0.183 e. The van der Waals surface area contributed by atoms with E-state index in [4.69, 9.17) is 10.5 Å². The summed E-state index contributed by atoms with van der Waals surface area (Å²) in [5, 5.41) is 17.3. The molecule has 0 aliphatic rings. The first-order chi connectivity index (χ1) is 6.69. The van der Waals surface area contributed by atoms with Crippen molar-refractivity contribution in [3.05, 3.63) is 24.3 Å². The van der Waals surface area contributed by atoms with Crippen molar-refractivity contribution in [3.63, 3.8) is 0 Å². The Labute approximate surface area is 83.2 Å². The van der Waals surface area contributed by atoms with E-state index in [1.54, 1.807) is 38.4 Å². The van der Waals surface area contributed by atoms with Crippen molar-refractivity contribution in [3.8, 4) is 12.4 Å². The average molecular weight is 186 g/mol. The molecular formula is C10H10N4. The number of nitriles is 2. The van der Waals surface area contributed by atoms with Crippen molar-refractivity contribution in [2.45, 2.75) is 0 Å². The molecule has 0 aliphatic heterocycles. The highest BCUT2D eigenvalue weighted by molar-refractivity contribution is 5.58. The van der Waals surface area contributed by atoms with Gasteiger partial charge in [0.1, 0.15) is 0 Å². The van der Waals surface area contributed by atoms with E-state index in [1.165, 1.54) is 9.80 Å². The largest absolute Gasteiger partial charge is 0.283 e. The van der Waals surface area contributed by atoms with Crippen molar-refractivity contribution in [2.24, 2.45) is 0 Å². The van der Waals surface area contributed by atoms with Crippen LogP contribution in [0.25, 0.3) is 0 Å². The van der Waals surface area contributed by atoms with Crippen LogP contribution in [0.4, 0.5) is 11.4 Å². The summed E-state index contributed by atoms with van der Waals surface area (Å²) in [6, 6.07) is 7.19. The topological polar surface area (TPSA) is 54.1 Å². The third kappa shape index (κ3) is 1.94. The highest BCUT2D eigenvalue weighted by atomic mass is 15.1. The molecule has 1 aromatic carbocycles. The van der Waals surface area contributed by atoms with Crippen LogP contribution >= 0.6 is 0 Å². The summed E-state index contributed by atoms with van der Waals surface area (Å²) in [6.07, 6.45) is 4.00. The monoisotopic (exact) mass is 186 g/mol. The second-order valence-corrected chi connectivity index (χ2v) is 2.83. The van der Waals surface area contributed by atoms with E-state index in [9.17, 15) is 0 Å². The van der Waals surface area contributed by atoms with Gasteiger partial charge in [0.05, 0.1) is 11.4 Å². The second-order valence-electron chi connectivity index (χ2n) is 2.83. The molecule has 0 atom stereocenters. The van der Waals surface area contributed by atoms with Crippen LogP contribution in [0, 0.1) is 22.9 Å². The van der Waals surface area contributed by atoms with E-state index in [-0.39, 0.29) is 0 Å². The summed E-state index contributed by atoms with van der Waals surface area (Å²) in [5.74, 6) is 0. The van der Waals surface area contributed by atoms with Crippen LogP contribution < -0.4 is 9.80 Å². The van der Waals surface area contributed by atoms with Crippen LogP contribution in [-0.2, 0) is 0 Å². The molecule has 0 aliphatic carbocycles. The van der Waals surface area contributed by atoms with E-state index in [2.05, 4.69) is 0 Å². The molecular weight excluding hydrogens is 176 g/mol. The Balaban J connectivity index is 2.91. The van der Waals surface area contributed by atoms with E-state index in [0.717, 1.165) is 11.4 Å². The Morgan fingerprint density at radius 1 is 0.857 bits per heavy atom. The molecule has 14 heavy (non-hydrogen) atoms. The van der Waals surface area contributed by atoms with Crippen LogP contribution in [0.2, 0.25) is 0 Å². The minimum atomic E-state index is 0.808. The summed E-state index contributed by atoms with van der Waals surface area (Å²) < 4.78 is 0. The lowest BCUT2D eigenvalue weighted by Gasteiger charge is -2.12. The summed E-state index contributed by atoms with van der Waals surface area (Å²) in [6.45, 7) is 0. The zero-order valence-electron chi connectivity index (χ0n) is 8.10. The Morgan fingerprint density at radius 2 is 1.14 bits per heavy atom.